The minimum Gasteiger partial charge on any atom is -0.366 e. The summed E-state index contributed by atoms with van der Waals surface area (Å²) in [6.45, 7) is 5.90. The summed E-state index contributed by atoms with van der Waals surface area (Å²) in [6.07, 6.45) is 0. The Bertz CT molecular complexity index is 2660. The SMILES string of the molecule is Cc1cccc2nc3cccc(C(N)=O)c3nc12.Cc1cccc2nc3cccc(C(N)=O)c3nc12.Cc1cccc2nc3cccc(C(N)=O)c3nc12. The maximum atomic E-state index is 11.4. The van der Waals surface area contributed by atoms with Gasteiger partial charge >= 0.3 is 0 Å². The number of fused-ring (bicyclic) bond motifs is 6. The number of carbonyl (C=O) groups is 3. The quantitative estimate of drug-likeness (QED) is 0.169. The van der Waals surface area contributed by atoms with Crippen LogP contribution in [0, 0.1) is 20.8 Å². The third-order valence-corrected chi connectivity index (χ3v) is 8.88. The van der Waals surface area contributed by atoms with E-state index in [1.165, 1.54) is 0 Å². The van der Waals surface area contributed by atoms with E-state index in [9.17, 15) is 14.4 Å². The molecule has 0 spiro atoms. The summed E-state index contributed by atoms with van der Waals surface area (Å²) in [7, 11) is 0. The van der Waals surface area contributed by atoms with E-state index in [1.807, 2.05) is 93.6 Å². The summed E-state index contributed by atoms with van der Waals surface area (Å²) < 4.78 is 0. The molecule has 0 aliphatic carbocycles. The van der Waals surface area contributed by atoms with Crippen molar-refractivity contribution in [2.24, 2.45) is 17.2 Å². The fourth-order valence-corrected chi connectivity index (χ4v) is 6.18. The molecule has 264 valence electrons. The van der Waals surface area contributed by atoms with Crippen molar-refractivity contribution < 1.29 is 14.4 Å². The summed E-state index contributed by atoms with van der Waals surface area (Å²) in [6, 6.07) is 33.2. The second-order valence-corrected chi connectivity index (χ2v) is 12.6. The molecule has 54 heavy (non-hydrogen) atoms. The summed E-state index contributed by atoms with van der Waals surface area (Å²) in [5, 5.41) is 0. The van der Waals surface area contributed by atoms with Gasteiger partial charge in [0.15, 0.2) is 0 Å². The van der Waals surface area contributed by atoms with Gasteiger partial charge in [0.25, 0.3) is 17.7 Å². The van der Waals surface area contributed by atoms with E-state index in [-0.39, 0.29) is 0 Å². The maximum absolute atomic E-state index is 11.4. The number of amides is 3. The molecule has 0 radical (unpaired) electrons. The molecule has 0 bridgehead atoms. The number of rotatable bonds is 3. The number of hydrogen-bond acceptors (Lipinski definition) is 9. The predicted octanol–water partition coefficient (Wildman–Crippen LogP) is 6.57. The van der Waals surface area contributed by atoms with Gasteiger partial charge in [-0.3, -0.25) is 14.4 Å². The van der Waals surface area contributed by atoms with Crippen molar-refractivity contribution in [1.82, 2.24) is 29.9 Å². The monoisotopic (exact) mass is 711 g/mol. The number of nitrogens with zero attached hydrogens (tertiary/aromatic N) is 6. The van der Waals surface area contributed by atoms with Crippen LogP contribution >= 0.6 is 0 Å². The lowest BCUT2D eigenvalue weighted by Crippen LogP contribution is -2.12. The molecule has 6 N–H and O–H groups in total. The Hall–Kier alpha value is -7.47. The lowest BCUT2D eigenvalue weighted by atomic mass is 10.1. The summed E-state index contributed by atoms with van der Waals surface area (Å²) in [5.74, 6) is -1.45. The second kappa shape index (κ2) is 14.3. The van der Waals surface area contributed by atoms with Crippen LogP contribution in [0.1, 0.15) is 47.8 Å². The normalized spacial score (nSPS) is 10.9. The van der Waals surface area contributed by atoms with Gasteiger partial charge in [0.05, 0.1) is 66.3 Å². The molecule has 0 fully saturated rings. The zero-order valence-corrected chi connectivity index (χ0v) is 29.5. The van der Waals surface area contributed by atoms with Gasteiger partial charge in [0.2, 0.25) is 0 Å². The third-order valence-electron chi connectivity index (χ3n) is 8.88. The van der Waals surface area contributed by atoms with Crippen molar-refractivity contribution in [2.45, 2.75) is 20.8 Å². The first-order valence-corrected chi connectivity index (χ1v) is 16.9. The molecule has 0 saturated carbocycles. The molecule has 0 aliphatic rings. The Kier molecular flexibility index (Phi) is 9.24. The van der Waals surface area contributed by atoms with E-state index in [4.69, 9.17) is 17.2 Å². The molecule has 0 aliphatic heterocycles. The van der Waals surface area contributed by atoms with E-state index < -0.39 is 17.7 Å². The maximum Gasteiger partial charge on any atom is 0.250 e. The molecule has 12 nitrogen and oxygen atoms in total. The lowest BCUT2D eigenvalue weighted by Gasteiger charge is -2.05. The van der Waals surface area contributed by atoms with Gasteiger partial charge in [-0.05, 0) is 92.1 Å². The molecule has 12 heteroatoms. The van der Waals surface area contributed by atoms with Gasteiger partial charge in [-0.15, -0.1) is 0 Å². The van der Waals surface area contributed by atoms with Crippen molar-refractivity contribution in [1.29, 1.82) is 0 Å². The summed E-state index contributed by atoms with van der Waals surface area (Å²) >= 11 is 0. The fourth-order valence-electron chi connectivity index (χ4n) is 6.18. The van der Waals surface area contributed by atoms with E-state index in [2.05, 4.69) is 29.9 Å². The van der Waals surface area contributed by atoms with E-state index >= 15 is 0 Å². The van der Waals surface area contributed by atoms with E-state index in [0.29, 0.717) is 49.8 Å². The topological polar surface area (TPSA) is 207 Å². The average Bonchev–Trinajstić information content (AvgIpc) is 3.16. The lowest BCUT2D eigenvalue weighted by molar-refractivity contribution is 0.0993. The highest BCUT2D eigenvalue weighted by atomic mass is 16.2. The van der Waals surface area contributed by atoms with Gasteiger partial charge in [-0.2, -0.15) is 0 Å². The van der Waals surface area contributed by atoms with Gasteiger partial charge < -0.3 is 17.2 Å². The third kappa shape index (κ3) is 6.66. The van der Waals surface area contributed by atoms with E-state index in [0.717, 1.165) is 49.8 Å². The second-order valence-electron chi connectivity index (χ2n) is 12.6. The van der Waals surface area contributed by atoms with Crippen molar-refractivity contribution in [2.75, 3.05) is 0 Å². The van der Waals surface area contributed by atoms with Crippen molar-refractivity contribution in [3.63, 3.8) is 0 Å². The Morgan fingerprint density at radius 3 is 0.796 bits per heavy atom. The zero-order chi connectivity index (χ0) is 38.1. The fraction of sp³-hybridized carbons (Fsp3) is 0.0714. The molecule has 0 atom stereocenters. The van der Waals surface area contributed by atoms with Crippen LogP contribution in [-0.4, -0.2) is 47.6 Å². The summed E-state index contributed by atoms with van der Waals surface area (Å²) in [4.78, 5) is 61.3. The van der Waals surface area contributed by atoms with Gasteiger partial charge in [0, 0.05) is 0 Å². The van der Waals surface area contributed by atoms with Crippen molar-refractivity contribution >= 4 is 83.9 Å². The first-order chi connectivity index (χ1) is 26.0. The standard InChI is InChI=1S/3C14H11N3O/c3*1-8-4-2-6-10-12(8)17-13-9(14(15)18)5-3-7-11(13)16-10/h3*2-7H,1H3,(H2,15,18). The highest BCUT2D eigenvalue weighted by molar-refractivity contribution is 6.07. The van der Waals surface area contributed by atoms with Crippen LogP contribution in [0.4, 0.5) is 0 Å². The molecule has 6 aromatic carbocycles. The number of aromatic nitrogens is 6. The molecular weight excluding hydrogens is 679 g/mol. The molecular formula is C42H33N9O3. The number of carbonyl (C=O) groups excluding carboxylic acids is 3. The van der Waals surface area contributed by atoms with Crippen LogP contribution in [0.15, 0.2) is 109 Å². The average molecular weight is 712 g/mol. The molecule has 9 aromatic rings. The van der Waals surface area contributed by atoms with Gasteiger partial charge in [-0.25, -0.2) is 29.9 Å². The van der Waals surface area contributed by atoms with Crippen LogP contribution in [0.5, 0.6) is 0 Å². The molecule has 0 unspecified atom stereocenters. The predicted molar refractivity (Wildman–Crippen MR) is 211 cm³/mol. The van der Waals surface area contributed by atoms with Gasteiger partial charge in [-0.1, -0.05) is 54.6 Å². The Morgan fingerprint density at radius 2 is 0.556 bits per heavy atom. The summed E-state index contributed by atoms with van der Waals surface area (Å²) in [5.41, 5.74) is 29.0. The van der Waals surface area contributed by atoms with Crippen LogP contribution in [-0.2, 0) is 0 Å². The van der Waals surface area contributed by atoms with Crippen molar-refractivity contribution in [3.05, 3.63) is 143 Å². The first-order valence-electron chi connectivity index (χ1n) is 16.9. The smallest absolute Gasteiger partial charge is 0.250 e. The van der Waals surface area contributed by atoms with Crippen LogP contribution in [0.2, 0.25) is 0 Å². The highest BCUT2D eigenvalue weighted by Gasteiger charge is 2.13. The van der Waals surface area contributed by atoms with Crippen LogP contribution in [0.3, 0.4) is 0 Å². The molecule has 3 amide bonds. The van der Waals surface area contributed by atoms with Crippen LogP contribution < -0.4 is 17.2 Å². The zero-order valence-electron chi connectivity index (χ0n) is 29.5. The minimum absolute atomic E-state index is 0.408. The Morgan fingerprint density at radius 1 is 0.333 bits per heavy atom. The Labute approximate surface area is 308 Å². The number of nitrogens with two attached hydrogens (primary N) is 3. The largest absolute Gasteiger partial charge is 0.366 e. The van der Waals surface area contributed by atoms with E-state index in [1.54, 1.807) is 36.4 Å². The highest BCUT2D eigenvalue weighted by Crippen LogP contribution is 2.24. The number of aryl methyl sites for hydroxylation is 3. The van der Waals surface area contributed by atoms with Crippen molar-refractivity contribution in [3.8, 4) is 0 Å². The van der Waals surface area contributed by atoms with Crippen LogP contribution in [0.25, 0.3) is 66.2 Å². The number of benzene rings is 6. The molecule has 3 heterocycles. The minimum atomic E-state index is -0.483. The number of primary amides is 3. The molecule has 0 saturated heterocycles. The van der Waals surface area contributed by atoms with Gasteiger partial charge in [0.1, 0.15) is 16.6 Å². The first kappa shape index (κ1) is 35.0. The number of hydrogen-bond donors (Lipinski definition) is 3. The molecule has 3 aromatic heterocycles. The number of para-hydroxylation sites is 6. The Balaban J connectivity index is 0.000000125. The molecule has 9 rings (SSSR count).